The summed E-state index contributed by atoms with van der Waals surface area (Å²) in [5.74, 6) is 3.14. The van der Waals surface area contributed by atoms with E-state index >= 15 is 0 Å². The van der Waals surface area contributed by atoms with Crippen molar-refractivity contribution >= 4 is 0 Å². The standard InChI is InChI=1S/C55H39N7/c1-36-33-50(57-37(2)56-36)47-32-18-31-44(42-27-17-28-43(34-42)49-35-48(38-19-7-3-8-20-38)58-52(59-49)39-21-9-4-10-22-39)51(47)45-29-15-16-30-46(45)55-61-53(40-23-11-5-12-24-40)60-54(62-55)41-25-13-6-14-26-41/h3-35H,1-2H3. The highest BCUT2D eigenvalue weighted by molar-refractivity contribution is 5.99. The highest BCUT2D eigenvalue weighted by atomic mass is 15.0. The Kier molecular flexibility index (Phi) is 10.3. The summed E-state index contributed by atoms with van der Waals surface area (Å²) in [7, 11) is 0. The largest absolute Gasteiger partial charge is 0.239 e. The van der Waals surface area contributed by atoms with Gasteiger partial charge in [-0.1, -0.05) is 182 Å². The predicted molar refractivity (Wildman–Crippen MR) is 249 cm³/mol. The van der Waals surface area contributed by atoms with Crippen molar-refractivity contribution in [1.82, 2.24) is 34.9 Å². The second-order valence-corrected chi connectivity index (χ2v) is 15.0. The quantitative estimate of drug-likeness (QED) is 0.144. The third kappa shape index (κ3) is 7.78. The van der Waals surface area contributed by atoms with Gasteiger partial charge >= 0.3 is 0 Å². The van der Waals surface area contributed by atoms with Crippen LogP contribution in [0.25, 0.3) is 102 Å². The van der Waals surface area contributed by atoms with Crippen molar-refractivity contribution in [3.63, 3.8) is 0 Å². The fourth-order valence-electron chi connectivity index (χ4n) is 7.89. The Morgan fingerprint density at radius 1 is 0.258 bits per heavy atom. The summed E-state index contributed by atoms with van der Waals surface area (Å²) in [6.07, 6.45) is 0. The summed E-state index contributed by atoms with van der Waals surface area (Å²) in [5.41, 5.74) is 14.0. The van der Waals surface area contributed by atoms with Crippen molar-refractivity contribution in [2.75, 3.05) is 0 Å². The van der Waals surface area contributed by atoms with Crippen LogP contribution in [0.4, 0.5) is 0 Å². The molecule has 7 aromatic carbocycles. The van der Waals surface area contributed by atoms with E-state index in [-0.39, 0.29) is 0 Å². The van der Waals surface area contributed by atoms with Crippen LogP contribution in [-0.4, -0.2) is 34.9 Å². The van der Waals surface area contributed by atoms with Crippen LogP contribution in [0, 0.1) is 13.8 Å². The SMILES string of the molecule is Cc1cc(-c2cccc(-c3cccc(-c4cc(-c5ccccc5)nc(-c5ccccc5)n4)c3)c2-c2ccccc2-c2nc(-c3ccccc3)nc(-c3ccccc3)n2)nc(C)n1. The molecule has 7 nitrogen and oxygen atoms in total. The topological polar surface area (TPSA) is 90.2 Å². The molecule has 10 rings (SSSR count). The van der Waals surface area contributed by atoms with Crippen molar-refractivity contribution < 1.29 is 0 Å². The molecule has 62 heavy (non-hydrogen) atoms. The molecule has 3 heterocycles. The molecule has 0 bridgehead atoms. The molecule has 294 valence electrons. The third-order valence-electron chi connectivity index (χ3n) is 10.7. The van der Waals surface area contributed by atoms with E-state index in [2.05, 4.69) is 89.9 Å². The summed E-state index contributed by atoms with van der Waals surface area (Å²) in [5, 5.41) is 0. The van der Waals surface area contributed by atoms with Crippen LogP contribution in [0.2, 0.25) is 0 Å². The van der Waals surface area contributed by atoms with Crippen molar-refractivity contribution in [1.29, 1.82) is 0 Å². The first kappa shape index (κ1) is 37.9. The molecule has 0 amide bonds. The van der Waals surface area contributed by atoms with Gasteiger partial charge in [0.2, 0.25) is 0 Å². The van der Waals surface area contributed by atoms with Crippen LogP contribution in [0.3, 0.4) is 0 Å². The molecule has 0 N–H and O–H groups in total. The fraction of sp³-hybridized carbons (Fsp3) is 0.0364. The number of aromatic nitrogens is 7. The second-order valence-electron chi connectivity index (χ2n) is 15.0. The predicted octanol–water partition coefficient (Wildman–Crippen LogP) is 13.1. The zero-order valence-electron chi connectivity index (χ0n) is 34.2. The first-order chi connectivity index (χ1) is 30.5. The van der Waals surface area contributed by atoms with E-state index in [1.165, 1.54) is 0 Å². The maximum absolute atomic E-state index is 5.18. The van der Waals surface area contributed by atoms with Gasteiger partial charge in [-0.3, -0.25) is 0 Å². The van der Waals surface area contributed by atoms with E-state index in [1.807, 2.05) is 129 Å². The summed E-state index contributed by atoms with van der Waals surface area (Å²) in [6.45, 7) is 3.95. The zero-order chi connectivity index (χ0) is 41.8. The first-order valence-electron chi connectivity index (χ1n) is 20.6. The Morgan fingerprint density at radius 2 is 0.694 bits per heavy atom. The highest BCUT2D eigenvalue weighted by Crippen LogP contribution is 2.44. The van der Waals surface area contributed by atoms with Crippen LogP contribution in [0.1, 0.15) is 11.5 Å². The highest BCUT2D eigenvalue weighted by Gasteiger charge is 2.22. The Morgan fingerprint density at radius 3 is 1.29 bits per heavy atom. The Labute approximate surface area is 360 Å². The van der Waals surface area contributed by atoms with E-state index in [0.717, 1.165) is 84.0 Å². The van der Waals surface area contributed by atoms with Gasteiger partial charge < -0.3 is 0 Å². The van der Waals surface area contributed by atoms with Crippen molar-refractivity contribution in [2.45, 2.75) is 13.8 Å². The lowest BCUT2D eigenvalue weighted by molar-refractivity contribution is 1.02. The molecule has 0 saturated heterocycles. The summed E-state index contributed by atoms with van der Waals surface area (Å²) in [6, 6.07) is 68.0. The van der Waals surface area contributed by atoms with Crippen molar-refractivity contribution in [3.05, 3.63) is 212 Å². The Balaban J connectivity index is 1.19. The normalized spacial score (nSPS) is 11.1. The molecule has 3 aromatic heterocycles. The van der Waals surface area contributed by atoms with E-state index in [9.17, 15) is 0 Å². The molecule has 0 fully saturated rings. The van der Waals surface area contributed by atoms with Gasteiger partial charge in [-0.05, 0) is 54.3 Å². The van der Waals surface area contributed by atoms with Gasteiger partial charge in [0.25, 0.3) is 0 Å². The summed E-state index contributed by atoms with van der Waals surface area (Å²) in [4.78, 5) is 35.2. The number of hydrogen-bond donors (Lipinski definition) is 0. The molecular weight excluding hydrogens is 759 g/mol. The molecule has 0 spiro atoms. The zero-order valence-corrected chi connectivity index (χ0v) is 34.2. The maximum Gasteiger partial charge on any atom is 0.164 e. The van der Waals surface area contributed by atoms with Crippen LogP contribution in [-0.2, 0) is 0 Å². The third-order valence-corrected chi connectivity index (χ3v) is 10.7. The van der Waals surface area contributed by atoms with Crippen LogP contribution in [0.5, 0.6) is 0 Å². The Bertz CT molecular complexity index is 3060. The molecule has 0 aliphatic carbocycles. The number of nitrogens with zero attached hydrogens (tertiary/aromatic N) is 7. The maximum atomic E-state index is 5.18. The number of aryl methyl sites for hydroxylation is 2. The average Bonchev–Trinajstić information content (AvgIpc) is 3.34. The molecule has 0 aliphatic rings. The van der Waals surface area contributed by atoms with Gasteiger partial charge in [0, 0.05) is 44.6 Å². The lowest BCUT2D eigenvalue weighted by atomic mass is 9.86. The van der Waals surface area contributed by atoms with Gasteiger partial charge in [0.15, 0.2) is 23.3 Å². The molecule has 7 heteroatoms. The lowest BCUT2D eigenvalue weighted by Gasteiger charge is -2.19. The minimum Gasteiger partial charge on any atom is -0.239 e. The Hall–Kier alpha value is -8.29. The van der Waals surface area contributed by atoms with E-state index in [1.54, 1.807) is 0 Å². The number of rotatable bonds is 9. The molecule has 0 radical (unpaired) electrons. The average molecular weight is 798 g/mol. The van der Waals surface area contributed by atoms with Gasteiger partial charge in [0.05, 0.1) is 17.1 Å². The first-order valence-corrected chi connectivity index (χ1v) is 20.6. The summed E-state index contributed by atoms with van der Waals surface area (Å²) < 4.78 is 0. The van der Waals surface area contributed by atoms with Gasteiger partial charge in [-0.25, -0.2) is 34.9 Å². The smallest absolute Gasteiger partial charge is 0.164 e. The van der Waals surface area contributed by atoms with Gasteiger partial charge in [-0.2, -0.15) is 0 Å². The van der Waals surface area contributed by atoms with Crippen LogP contribution < -0.4 is 0 Å². The number of hydrogen-bond acceptors (Lipinski definition) is 7. The minimum atomic E-state index is 0.570. The van der Waals surface area contributed by atoms with E-state index in [0.29, 0.717) is 29.1 Å². The fourth-order valence-corrected chi connectivity index (χ4v) is 7.89. The minimum absolute atomic E-state index is 0.570. The molecule has 0 saturated carbocycles. The van der Waals surface area contributed by atoms with E-state index < -0.39 is 0 Å². The number of benzene rings is 7. The van der Waals surface area contributed by atoms with Gasteiger partial charge in [-0.15, -0.1) is 0 Å². The molecular formula is C55H39N7. The van der Waals surface area contributed by atoms with Crippen molar-refractivity contribution in [2.24, 2.45) is 0 Å². The molecule has 0 aliphatic heterocycles. The molecule has 0 unspecified atom stereocenters. The molecule has 10 aromatic rings. The lowest BCUT2D eigenvalue weighted by Crippen LogP contribution is -2.02. The molecule has 0 atom stereocenters. The van der Waals surface area contributed by atoms with Crippen LogP contribution in [0.15, 0.2) is 200 Å². The van der Waals surface area contributed by atoms with E-state index in [4.69, 9.17) is 29.9 Å². The van der Waals surface area contributed by atoms with Crippen molar-refractivity contribution in [3.8, 4) is 102 Å². The van der Waals surface area contributed by atoms with Gasteiger partial charge in [0.1, 0.15) is 5.82 Å². The monoisotopic (exact) mass is 797 g/mol. The van der Waals surface area contributed by atoms with Crippen LogP contribution >= 0.6 is 0 Å². The summed E-state index contributed by atoms with van der Waals surface area (Å²) >= 11 is 0. The second kappa shape index (κ2) is 16.8.